The zero-order valence-corrected chi connectivity index (χ0v) is 17.4. The minimum absolute atomic E-state index is 0.0318. The van der Waals surface area contributed by atoms with Crippen molar-refractivity contribution in [1.29, 1.82) is 0 Å². The molecular weight excluding hydrogens is 362 g/mol. The molecule has 1 N–H and O–H groups in total. The fraction of sp³-hybridized carbons (Fsp3) is 0.292. The number of nitrogens with one attached hydrogen (secondary N) is 1. The number of amides is 2. The highest BCUT2D eigenvalue weighted by Gasteiger charge is 2.21. The second-order valence-electron chi connectivity index (χ2n) is 7.48. The first-order chi connectivity index (χ1) is 13.9. The van der Waals surface area contributed by atoms with E-state index in [2.05, 4.69) is 5.32 Å². The summed E-state index contributed by atoms with van der Waals surface area (Å²) < 4.78 is 0. The summed E-state index contributed by atoms with van der Waals surface area (Å²) in [4.78, 5) is 31.9. The number of aromatic nitrogens is 1. The molecule has 0 saturated carbocycles. The highest BCUT2D eigenvalue weighted by Crippen LogP contribution is 2.26. The average Bonchev–Trinajstić information content (AvgIpc) is 2.70. The van der Waals surface area contributed by atoms with Crippen LogP contribution in [-0.4, -0.2) is 40.8 Å². The molecule has 2 aromatic carbocycles. The molecule has 0 saturated heterocycles. The van der Waals surface area contributed by atoms with Crippen LogP contribution in [0.3, 0.4) is 0 Å². The Labute approximate surface area is 171 Å². The molecule has 5 nitrogen and oxygen atoms in total. The monoisotopic (exact) mass is 389 g/mol. The summed E-state index contributed by atoms with van der Waals surface area (Å²) in [6.45, 7) is 8.20. The van der Waals surface area contributed by atoms with Crippen molar-refractivity contribution >= 4 is 22.7 Å². The van der Waals surface area contributed by atoms with Crippen LogP contribution in [0.5, 0.6) is 0 Å². The third-order valence-electron chi connectivity index (χ3n) is 4.75. The van der Waals surface area contributed by atoms with E-state index < -0.39 is 0 Å². The smallest absolute Gasteiger partial charge is 0.255 e. The molecule has 3 aromatic rings. The lowest BCUT2D eigenvalue weighted by molar-refractivity contribution is -0.122. The van der Waals surface area contributed by atoms with E-state index in [0.29, 0.717) is 12.1 Å². The summed E-state index contributed by atoms with van der Waals surface area (Å²) >= 11 is 0. The van der Waals surface area contributed by atoms with Crippen LogP contribution in [0.1, 0.15) is 36.7 Å². The number of carbonyl (C=O) groups is 2. The van der Waals surface area contributed by atoms with Crippen LogP contribution in [0.25, 0.3) is 22.2 Å². The quantitative estimate of drug-likeness (QED) is 0.687. The Morgan fingerprint density at radius 3 is 2.41 bits per heavy atom. The van der Waals surface area contributed by atoms with Crippen molar-refractivity contribution in [1.82, 2.24) is 15.2 Å². The van der Waals surface area contributed by atoms with Crippen LogP contribution in [0.2, 0.25) is 0 Å². The maximum atomic E-state index is 13.4. The summed E-state index contributed by atoms with van der Waals surface area (Å²) in [7, 11) is 0. The van der Waals surface area contributed by atoms with E-state index in [9.17, 15) is 9.59 Å². The summed E-state index contributed by atoms with van der Waals surface area (Å²) in [5, 5.41) is 3.64. The first-order valence-corrected chi connectivity index (χ1v) is 9.94. The van der Waals surface area contributed by atoms with Gasteiger partial charge in [-0.3, -0.25) is 9.59 Å². The van der Waals surface area contributed by atoms with Crippen molar-refractivity contribution in [2.45, 2.75) is 33.7 Å². The molecule has 5 heteroatoms. The van der Waals surface area contributed by atoms with Gasteiger partial charge < -0.3 is 10.2 Å². The largest absolute Gasteiger partial charge is 0.352 e. The number of likely N-dealkylation sites (N-methyl/N-ethyl adjacent to an activating group) is 1. The molecule has 0 bridgehead atoms. The minimum atomic E-state index is -0.168. The standard InChI is InChI=1S/C24H27N3O2/c1-5-27(15-23(28)25-16(2)3)24(29)20-14-22(18-12-10-17(4)11-13-18)26-21-9-7-6-8-19(20)21/h6-14,16H,5,15H2,1-4H3,(H,25,28). The molecule has 29 heavy (non-hydrogen) atoms. The Balaban J connectivity index is 2.03. The highest BCUT2D eigenvalue weighted by molar-refractivity contribution is 6.08. The Morgan fingerprint density at radius 1 is 1.07 bits per heavy atom. The third kappa shape index (κ3) is 4.80. The number of hydrogen-bond donors (Lipinski definition) is 1. The lowest BCUT2D eigenvalue weighted by Crippen LogP contribution is -2.42. The number of aryl methyl sites for hydroxylation is 1. The molecule has 0 radical (unpaired) electrons. The van der Waals surface area contributed by atoms with Gasteiger partial charge in [0.15, 0.2) is 0 Å². The Hall–Kier alpha value is -3.21. The van der Waals surface area contributed by atoms with Gasteiger partial charge in [0.05, 0.1) is 23.3 Å². The van der Waals surface area contributed by atoms with Crippen LogP contribution >= 0.6 is 0 Å². The Bertz CT molecular complexity index is 1030. The highest BCUT2D eigenvalue weighted by atomic mass is 16.2. The topological polar surface area (TPSA) is 62.3 Å². The van der Waals surface area contributed by atoms with Gasteiger partial charge in [0.2, 0.25) is 5.91 Å². The first-order valence-electron chi connectivity index (χ1n) is 9.94. The van der Waals surface area contributed by atoms with Gasteiger partial charge in [0.1, 0.15) is 0 Å². The molecule has 0 aliphatic rings. The number of hydrogen-bond acceptors (Lipinski definition) is 3. The van der Waals surface area contributed by atoms with Gasteiger partial charge >= 0.3 is 0 Å². The van der Waals surface area contributed by atoms with Gasteiger partial charge in [0.25, 0.3) is 5.91 Å². The SMILES string of the molecule is CCN(CC(=O)NC(C)C)C(=O)c1cc(-c2ccc(C)cc2)nc2ccccc12. The zero-order chi connectivity index (χ0) is 21.0. The molecule has 0 spiro atoms. The predicted molar refractivity (Wildman–Crippen MR) is 117 cm³/mol. The van der Waals surface area contributed by atoms with Gasteiger partial charge in [-0.1, -0.05) is 48.0 Å². The molecule has 150 valence electrons. The van der Waals surface area contributed by atoms with E-state index >= 15 is 0 Å². The van der Waals surface area contributed by atoms with E-state index in [4.69, 9.17) is 4.98 Å². The lowest BCUT2D eigenvalue weighted by Gasteiger charge is -2.22. The lowest BCUT2D eigenvalue weighted by atomic mass is 10.0. The summed E-state index contributed by atoms with van der Waals surface area (Å²) in [5.41, 5.74) is 4.19. The van der Waals surface area contributed by atoms with Crippen LogP contribution < -0.4 is 5.32 Å². The fourth-order valence-electron chi connectivity index (χ4n) is 3.26. The molecule has 3 rings (SSSR count). The van der Waals surface area contributed by atoms with Crippen molar-refractivity contribution in [3.63, 3.8) is 0 Å². The maximum absolute atomic E-state index is 13.4. The van der Waals surface area contributed by atoms with Crippen molar-refractivity contribution in [2.75, 3.05) is 13.1 Å². The van der Waals surface area contributed by atoms with E-state index in [-0.39, 0.29) is 24.4 Å². The number of fused-ring (bicyclic) bond motifs is 1. The summed E-state index contributed by atoms with van der Waals surface area (Å²) in [6, 6.07) is 17.6. The van der Waals surface area contributed by atoms with E-state index in [1.54, 1.807) is 4.90 Å². The molecule has 0 aliphatic heterocycles. The minimum Gasteiger partial charge on any atom is -0.352 e. The second kappa shape index (κ2) is 8.86. The molecule has 0 aliphatic carbocycles. The van der Waals surface area contributed by atoms with Crippen LogP contribution in [0, 0.1) is 6.92 Å². The van der Waals surface area contributed by atoms with Crippen molar-refractivity contribution in [3.8, 4) is 11.3 Å². The number of pyridine rings is 1. The molecular formula is C24H27N3O2. The average molecular weight is 389 g/mol. The maximum Gasteiger partial charge on any atom is 0.255 e. The van der Waals surface area contributed by atoms with Crippen LogP contribution in [0.15, 0.2) is 54.6 Å². The summed E-state index contributed by atoms with van der Waals surface area (Å²) in [5.74, 6) is -0.328. The second-order valence-corrected chi connectivity index (χ2v) is 7.48. The van der Waals surface area contributed by atoms with Gasteiger partial charge in [-0.2, -0.15) is 0 Å². The molecule has 0 atom stereocenters. The van der Waals surface area contributed by atoms with Gasteiger partial charge in [-0.05, 0) is 39.8 Å². The van der Waals surface area contributed by atoms with Crippen LogP contribution in [-0.2, 0) is 4.79 Å². The van der Waals surface area contributed by atoms with E-state index in [1.165, 1.54) is 5.56 Å². The van der Waals surface area contributed by atoms with Crippen molar-refractivity contribution < 1.29 is 9.59 Å². The third-order valence-corrected chi connectivity index (χ3v) is 4.75. The number of rotatable bonds is 6. The number of carbonyl (C=O) groups excluding carboxylic acids is 2. The van der Waals surface area contributed by atoms with Gasteiger partial charge in [0, 0.05) is 23.5 Å². The Kier molecular flexibility index (Phi) is 6.27. The number of para-hydroxylation sites is 1. The predicted octanol–water partition coefficient (Wildman–Crippen LogP) is 4.20. The first kappa shape index (κ1) is 20.5. The van der Waals surface area contributed by atoms with Crippen molar-refractivity contribution in [2.24, 2.45) is 0 Å². The van der Waals surface area contributed by atoms with Gasteiger partial charge in [-0.25, -0.2) is 4.98 Å². The summed E-state index contributed by atoms with van der Waals surface area (Å²) in [6.07, 6.45) is 0. The van der Waals surface area contributed by atoms with E-state index in [0.717, 1.165) is 22.2 Å². The molecule has 0 unspecified atom stereocenters. The van der Waals surface area contributed by atoms with Gasteiger partial charge in [-0.15, -0.1) is 0 Å². The zero-order valence-electron chi connectivity index (χ0n) is 17.4. The molecule has 2 amide bonds. The van der Waals surface area contributed by atoms with Crippen LogP contribution in [0.4, 0.5) is 0 Å². The fourth-order valence-corrected chi connectivity index (χ4v) is 3.26. The normalized spacial score (nSPS) is 10.9. The van der Waals surface area contributed by atoms with E-state index in [1.807, 2.05) is 82.3 Å². The molecule has 1 heterocycles. The van der Waals surface area contributed by atoms with Crippen molar-refractivity contribution in [3.05, 3.63) is 65.7 Å². The Morgan fingerprint density at radius 2 is 1.76 bits per heavy atom. The number of nitrogens with zero attached hydrogens (tertiary/aromatic N) is 2. The number of benzene rings is 2. The molecule has 0 fully saturated rings. The molecule has 1 aromatic heterocycles.